The third-order valence-corrected chi connectivity index (χ3v) is 4.03. The van der Waals surface area contributed by atoms with Gasteiger partial charge in [-0.25, -0.2) is 14.4 Å². The van der Waals surface area contributed by atoms with Gasteiger partial charge in [-0.3, -0.25) is 9.69 Å². The molecule has 24 heavy (non-hydrogen) atoms. The van der Waals surface area contributed by atoms with Crippen LogP contribution in [-0.4, -0.2) is 48.0 Å². The van der Waals surface area contributed by atoms with E-state index in [4.69, 9.17) is 9.47 Å². The van der Waals surface area contributed by atoms with Crippen LogP contribution in [0.5, 0.6) is 0 Å². The van der Waals surface area contributed by atoms with Gasteiger partial charge in [-0.15, -0.1) is 0 Å². The summed E-state index contributed by atoms with van der Waals surface area (Å²) in [6.45, 7) is 3.22. The van der Waals surface area contributed by atoms with E-state index in [1.54, 1.807) is 13.8 Å². The van der Waals surface area contributed by atoms with E-state index in [9.17, 15) is 19.2 Å². The minimum atomic E-state index is -0.981. The molecule has 1 aliphatic carbocycles. The van der Waals surface area contributed by atoms with Crippen molar-refractivity contribution in [3.05, 3.63) is 11.3 Å². The summed E-state index contributed by atoms with van der Waals surface area (Å²) in [5, 5.41) is 2.35. The molecule has 8 heteroatoms. The summed E-state index contributed by atoms with van der Waals surface area (Å²) in [6.07, 6.45) is 4.38. The van der Waals surface area contributed by atoms with Gasteiger partial charge in [-0.1, -0.05) is 19.3 Å². The predicted molar refractivity (Wildman–Crippen MR) is 82.5 cm³/mol. The summed E-state index contributed by atoms with van der Waals surface area (Å²) in [5.41, 5.74) is -0.919. The van der Waals surface area contributed by atoms with Crippen LogP contribution in [0.1, 0.15) is 46.0 Å². The minimum absolute atomic E-state index is 0.0312. The Morgan fingerprint density at radius 3 is 2.08 bits per heavy atom. The van der Waals surface area contributed by atoms with Gasteiger partial charge in [-0.05, 0) is 26.7 Å². The van der Waals surface area contributed by atoms with E-state index in [1.807, 2.05) is 0 Å². The standard InChI is InChI=1S/C16H22N2O6/c1-3-23-14(20)11(15(21)24-4-2)12-13(19)18(16(22)17-12)10-8-6-5-7-9-10/h10H,3-9H2,1-2H3,(H,17,22). The van der Waals surface area contributed by atoms with Gasteiger partial charge in [0.2, 0.25) is 0 Å². The van der Waals surface area contributed by atoms with Gasteiger partial charge < -0.3 is 14.8 Å². The molecule has 132 valence electrons. The molecule has 0 aromatic rings. The third-order valence-electron chi connectivity index (χ3n) is 4.03. The Hall–Kier alpha value is -2.38. The number of urea groups is 1. The van der Waals surface area contributed by atoms with Crippen molar-refractivity contribution >= 4 is 23.9 Å². The molecule has 1 saturated heterocycles. The second-order valence-corrected chi connectivity index (χ2v) is 5.59. The number of hydrogen-bond acceptors (Lipinski definition) is 6. The lowest BCUT2D eigenvalue weighted by Crippen LogP contribution is -2.41. The number of amides is 3. The van der Waals surface area contributed by atoms with Crippen molar-refractivity contribution in [2.75, 3.05) is 13.2 Å². The summed E-state index contributed by atoms with van der Waals surface area (Å²) in [7, 11) is 0. The Labute approximate surface area is 140 Å². The van der Waals surface area contributed by atoms with Crippen molar-refractivity contribution in [1.29, 1.82) is 0 Å². The highest BCUT2D eigenvalue weighted by Gasteiger charge is 2.43. The zero-order chi connectivity index (χ0) is 17.7. The second-order valence-electron chi connectivity index (χ2n) is 5.59. The van der Waals surface area contributed by atoms with Gasteiger partial charge in [0.25, 0.3) is 5.91 Å². The Balaban J connectivity index is 2.35. The first-order valence-electron chi connectivity index (χ1n) is 8.24. The number of carbonyl (C=O) groups excluding carboxylic acids is 4. The lowest BCUT2D eigenvalue weighted by molar-refractivity contribution is -0.147. The van der Waals surface area contributed by atoms with Gasteiger partial charge in [0.15, 0.2) is 5.57 Å². The molecular formula is C16H22N2O6. The molecular weight excluding hydrogens is 316 g/mol. The smallest absolute Gasteiger partial charge is 0.347 e. The third kappa shape index (κ3) is 3.58. The maximum Gasteiger partial charge on any atom is 0.347 e. The van der Waals surface area contributed by atoms with Crippen LogP contribution in [0.3, 0.4) is 0 Å². The van der Waals surface area contributed by atoms with E-state index in [0.717, 1.165) is 37.0 Å². The van der Waals surface area contributed by atoms with Crippen LogP contribution in [0.15, 0.2) is 11.3 Å². The van der Waals surface area contributed by atoms with Crippen LogP contribution in [-0.2, 0) is 23.9 Å². The van der Waals surface area contributed by atoms with Crippen molar-refractivity contribution in [2.45, 2.75) is 52.0 Å². The van der Waals surface area contributed by atoms with Crippen LogP contribution in [0.4, 0.5) is 4.79 Å². The predicted octanol–water partition coefficient (Wildman–Crippen LogP) is 1.25. The van der Waals surface area contributed by atoms with Crippen LogP contribution < -0.4 is 5.32 Å². The number of nitrogens with zero attached hydrogens (tertiary/aromatic N) is 1. The number of ether oxygens (including phenoxy) is 2. The molecule has 1 saturated carbocycles. The molecule has 8 nitrogen and oxygen atoms in total. The number of imide groups is 1. The van der Waals surface area contributed by atoms with E-state index in [1.165, 1.54) is 0 Å². The Morgan fingerprint density at radius 1 is 1.04 bits per heavy atom. The molecule has 1 heterocycles. The average Bonchev–Trinajstić information content (AvgIpc) is 2.83. The van der Waals surface area contributed by atoms with Crippen LogP contribution >= 0.6 is 0 Å². The lowest BCUT2D eigenvalue weighted by Gasteiger charge is -2.28. The fourth-order valence-electron chi connectivity index (χ4n) is 2.97. The summed E-state index contributed by atoms with van der Waals surface area (Å²) < 4.78 is 9.66. The summed E-state index contributed by atoms with van der Waals surface area (Å²) in [6, 6.07) is -0.831. The fourth-order valence-corrected chi connectivity index (χ4v) is 2.97. The maximum absolute atomic E-state index is 12.6. The molecule has 0 bridgehead atoms. The fraction of sp³-hybridized carbons (Fsp3) is 0.625. The molecule has 1 N–H and O–H groups in total. The first kappa shape index (κ1) is 18.0. The van der Waals surface area contributed by atoms with Gasteiger partial charge in [0.1, 0.15) is 5.70 Å². The van der Waals surface area contributed by atoms with E-state index >= 15 is 0 Å². The van der Waals surface area contributed by atoms with Gasteiger partial charge in [0, 0.05) is 6.04 Å². The Bertz CT molecular complexity index is 557. The second kappa shape index (κ2) is 7.94. The maximum atomic E-state index is 12.6. The molecule has 0 aromatic heterocycles. The van der Waals surface area contributed by atoms with Crippen molar-refractivity contribution in [3.63, 3.8) is 0 Å². The number of rotatable bonds is 5. The average molecular weight is 338 g/mol. The zero-order valence-corrected chi connectivity index (χ0v) is 13.9. The molecule has 0 radical (unpaired) electrons. The highest BCUT2D eigenvalue weighted by atomic mass is 16.6. The van der Waals surface area contributed by atoms with Crippen molar-refractivity contribution in [3.8, 4) is 0 Å². The summed E-state index contributed by atoms with van der Waals surface area (Å²) in [5.74, 6) is -2.64. The van der Waals surface area contributed by atoms with Crippen molar-refractivity contribution in [1.82, 2.24) is 10.2 Å². The molecule has 2 fully saturated rings. The molecule has 0 spiro atoms. The van der Waals surface area contributed by atoms with Crippen molar-refractivity contribution in [2.24, 2.45) is 0 Å². The van der Waals surface area contributed by atoms with Crippen LogP contribution in [0.25, 0.3) is 0 Å². The SMILES string of the molecule is CCOC(=O)C(C(=O)OCC)=C1NC(=O)N(C2CCCCC2)C1=O. The first-order valence-corrected chi connectivity index (χ1v) is 8.24. The summed E-state index contributed by atoms with van der Waals surface area (Å²) in [4.78, 5) is 50.1. The van der Waals surface area contributed by atoms with Crippen molar-refractivity contribution < 1.29 is 28.7 Å². The summed E-state index contributed by atoms with van der Waals surface area (Å²) >= 11 is 0. The normalized spacial score (nSPS) is 18.4. The van der Waals surface area contributed by atoms with E-state index in [-0.39, 0.29) is 25.0 Å². The molecule has 0 unspecified atom stereocenters. The monoisotopic (exact) mass is 338 g/mol. The van der Waals surface area contributed by atoms with E-state index in [2.05, 4.69) is 5.32 Å². The zero-order valence-electron chi connectivity index (χ0n) is 13.9. The number of nitrogens with one attached hydrogen (secondary N) is 1. The van der Waals surface area contributed by atoms with Gasteiger partial charge in [-0.2, -0.15) is 0 Å². The largest absolute Gasteiger partial charge is 0.462 e. The highest BCUT2D eigenvalue weighted by Crippen LogP contribution is 2.27. The molecule has 1 aliphatic heterocycles. The molecule has 3 amide bonds. The Morgan fingerprint density at radius 2 is 1.58 bits per heavy atom. The van der Waals surface area contributed by atoms with E-state index < -0.39 is 29.5 Å². The lowest BCUT2D eigenvalue weighted by atomic mass is 9.94. The van der Waals surface area contributed by atoms with Crippen LogP contribution in [0.2, 0.25) is 0 Å². The molecule has 0 aromatic carbocycles. The van der Waals surface area contributed by atoms with E-state index in [0.29, 0.717) is 0 Å². The number of carbonyl (C=O) groups is 4. The first-order chi connectivity index (χ1) is 11.5. The van der Waals surface area contributed by atoms with Crippen LogP contribution in [0, 0.1) is 0 Å². The van der Waals surface area contributed by atoms with Gasteiger partial charge >= 0.3 is 18.0 Å². The number of hydrogen-bond donors (Lipinski definition) is 1. The Kier molecular flexibility index (Phi) is 5.94. The highest BCUT2D eigenvalue weighted by molar-refractivity contribution is 6.24. The molecule has 2 aliphatic rings. The topological polar surface area (TPSA) is 102 Å². The van der Waals surface area contributed by atoms with Gasteiger partial charge in [0.05, 0.1) is 13.2 Å². The molecule has 2 rings (SSSR count). The molecule has 0 atom stereocenters. The number of esters is 2. The quantitative estimate of drug-likeness (QED) is 0.266. The minimum Gasteiger partial charge on any atom is -0.462 e.